The second-order valence-corrected chi connectivity index (χ2v) is 13.3. The Kier molecular flexibility index (Phi) is 10.9. The van der Waals surface area contributed by atoms with E-state index in [0.717, 1.165) is 51.9 Å². The summed E-state index contributed by atoms with van der Waals surface area (Å²) < 4.78 is 12.4. The third kappa shape index (κ3) is 8.44. The zero-order chi connectivity index (χ0) is 34.3. The Labute approximate surface area is 287 Å². The molecular formula is C39H44N4O6. The molecule has 3 aromatic carbocycles. The van der Waals surface area contributed by atoms with E-state index in [2.05, 4.69) is 39.4 Å². The maximum atomic E-state index is 14.2. The Hall–Kier alpha value is -4.80. The SMILES string of the molecule is CC1=C(C(=O)O[C@@H]2CCCN(Cc3ccccc3)C2)C(c2cccc([N+](=O)[O-])c2)C(C(=O)O[C@H]2CCCN(Cc3ccccc3)C2)=C(C)N1. The second kappa shape index (κ2) is 15.6. The van der Waals surface area contributed by atoms with Crippen molar-refractivity contribution in [3.05, 3.63) is 134 Å². The molecule has 3 heterocycles. The van der Waals surface area contributed by atoms with Gasteiger partial charge in [-0.05, 0) is 69.3 Å². The molecule has 0 bridgehead atoms. The highest BCUT2D eigenvalue weighted by atomic mass is 16.6. The molecule has 256 valence electrons. The van der Waals surface area contributed by atoms with E-state index in [0.29, 0.717) is 30.0 Å². The molecule has 1 N–H and O–H groups in total. The number of piperidine rings is 2. The number of dihydropyridines is 1. The molecule has 0 aliphatic carbocycles. The molecule has 3 aliphatic rings. The van der Waals surface area contributed by atoms with Crippen molar-refractivity contribution in [2.45, 2.75) is 70.7 Å². The van der Waals surface area contributed by atoms with Crippen LogP contribution in [-0.4, -0.2) is 65.0 Å². The van der Waals surface area contributed by atoms with Crippen LogP contribution in [-0.2, 0) is 32.2 Å². The second-order valence-electron chi connectivity index (χ2n) is 13.3. The van der Waals surface area contributed by atoms with Crippen LogP contribution in [0, 0.1) is 10.1 Å². The molecular weight excluding hydrogens is 620 g/mol. The quantitative estimate of drug-likeness (QED) is 0.153. The van der Waals surface area contributed by atoms with Crippen molar-refractivity contribution in [3.63, 3.8) is 0 Å². The predicted molar refractivity (Wildman–Crippen MR) is 186 cm³/mol. The highest BCUT2D eigenvalue weighted by Crippen LogP contribution is 2.41. The van der Waals surface area contributed by atoms with Crippen LogP contribution in [0.25, 0.3) is 0 Å². The average Bonchev–Trinajstić information content (AvgIpc) is 3.09. The number of likely N-dealkylation sites (tertiary alicyclic amines) is 2. The Morgan fingerprint density at radius 2 is 1.24 bits per heavy atom. The molecule has 0 radical (unpaired) electrons. The molecule has 3 aromatic rings. The largest absolute Gasteiger partial charge is 0.458 e. The molecule has 10 nitrogen and oxygen atoms in total. The Morgan fingerprint density at radius 1 is 0.755 bits per heavy atom. The van der Waals surface area contributed by atoms with E-state index in [9.17, 15) is 19.7 Å². The predicted octanol–water partition coefficient (Wildman–Crippen LogP) is 6.25. The van der Waals surface area contributed by atoms with Crippen molar-refractivity contribution in [2.75, 3.05) is 26.2 Å². The van der Waals surface area contributed by atoms with E-state index < -0.39 is 22.8 Å². The van der Waals surface area contributed by atoms with Gasteiger partial charge in [0.2, 0.25) is 0 Å². The summed E-state index contributed by atoms with van der Waals surface area (Å²) in [5.74, 6) is -2.00. The Bertz CT molecular complexity index is 1630. The molecule has 6 rings (SSSR count). The number of esters is 2. The lowest BCUT2D eigenvalue weighted by Crippen LogP contribution is -2.42. The van der Waals surface area contributed by atoms with Gasteiger partial charge in [-0.1, -0.05) is 72.8 Å². The molecule has 1 unspecified atom stereocenters. The van der Waals surface area contributed by atoms with Gasteiger partial charge in [-0.15, -0.1) is 0 Å². The van der Waals surface area contributed by atoms with Crippen LogP contribution < -0.4 is 5.32 Å². The van der Waals surface area contributed by atoms with Crippen LogP contribution in [0.2, 0.25) is 0 Å². The molecule has 0 saturated carbocycles. The summed E-state index contributed by atoms with van der Waals surface area (Å²) in [6, 6.07) is 26.5. The molecule has 49 heavy (non-hydrogen) atoms. The topological polar surface area (TPSA) is 114 Å². The minimum absolute atomic E-state index is 0.126. The van der Waals surface area contributed by atoms with Gasteiger partial charge in [-0.3, -0.25) is 19.9 Å². The zero-order valence-electron chi connectivity index (χ0n) is 28.2. The highest BCUT2D eigenvalue weighted by Gasteiger charge is 2.40. The number of ether oxygens (including phenoxy) is 2. The number of rotatable bonds is 10. The fourth-order valence-electron chi connectivity index (χ4n) is 7.31. The first-order valence-electron chi connectivity index (χ1n) is 17.1. The lowest BCUT2D eigenvalue weighted by atomic mass is 9.80. The standard InChI is InChI=1S/C39H44N4O6/c1-27-35(38(44)48-33-18-10-20-41(25-33)23-29-12-5-3-6-13-29)37(31-16-9-17-32(22-31)43(46)47)36(28(2)40-27)39(45)49-34-19-11-21-42(26-34)24-30-14-7-4-8-15-30/h3-9,12-17,22,33-34,37,40H,10-11,18-21,23-26H2,1-2H3/t33-,34+,37?. The highest BCUT2D eigenvalue weighted by molar-refractivity contribution is 6.00. The van der Waals surface area contributed by atoms with E-state index in [4.69, 9.17) is 9.47 Å². The van der Waals surface area contributed by atoms with E-state index in [1.807, 2.05) is 36.4 Å². The van der Waals surface area contributed by atoms with Crippen molar-refractivity contribution < 1.29 is 24.0 Å². The van der Waals surface area contributed by atoms with E-state index >= 15 is 0 Å². The van der Waals surface area contributed by atoms with Crippen LogP contribution in [0.4, 0.5) is 5.69 Å². The number of carbonyl (C=O) groups excluding carboxylic acids is 2. The Balaban J connectivity index is 1.23. The van der Waals surface area contributed by atoms with Gasteiger partial charge in [0, 0.05) is 49.7 Å². The van der Waals surface area contributed by atoms with Gasteiger partial charge >= 0.3 is 11.9 Å². The number of carbonyl (C=O) groups is 2. The van der Waals surface area contributed by atoms with Crippen molar-refractivity contribution in [1.82, 2.24) is 15.1 Å². The first kappa shape index (κ1) is 34.1. The van der Waals surface area contributed by atoms with Gasteiger partial charge in [-0.25, -0.2) is 9.59 Å². The molecule has 2 fully saturated rings. The summed E-state index contributed by atoms with van der Waals surface area (Å²) in [6.45, 7) is 8.07. The number of hydrogen-bond acceptors (Lipinski definition) is 9. The molecule has 10 heteroatoms. The maximum Gasteiger partial charge on any atom is 0.337 e. The van der Waals surface area contributed by atoms with Crippen LogP contribution >= 0.6 is 0 Å². The lowest BCUT2D eigenvalue weighted by molar-refractivity contribution is -0.384. The van der Waals surface area contributed by atoms with Gasteiger partial charge in [0.05, 0.1) is 22.0 Å². The molecule has 0 spiro atoms. The minimum Gasteiger partial charge on any atom is -0.458 e. The molecule has 0 amide bonds. The van der Waals surface area contributed by atoms with Gasteiger partial charge in [0.1, 0.15) is 12.2 Å². The number of nitrogens with one attached hydrogen (secondary N) is 1. The summed E-state index contributed by atoms with van der Waals surface area (Å²) in [5.41, 5.74) is 4.32. The summed E-state index contributed by atoms with van der Waals surface area (Å²) in [6.07, 6.45) is 2.54. The van der Waals surface area contributed by atoms with E-state index in [1.54, 1.807) is 26.0 Å². The Morgan fingerprint density at radius 3 is 1.71 bits per heavy atom. The monoisotopic (exact) mass is 664 g/mol. The summed E-state index contributed by atoms with van der Waals surface area (Å²) in [4.78, 5) is 44.3. The third-order valence-corrected chi connectivity index (χ3v) is 9.58. The van der Waals surface area contributed by atoms with Crippen molar-refractivity contribution >= 4 is 17.6 Å². The average molecular weight is 665 g/mol. The number of nitro groups is 1. The number of nitro benzene ring substituents is 1. The number of allylic oxidation sites excluding steroid dienone is 2. The van der Waals surface area contributed by atoms with Crippen molar-refractivity contribution in [1.29, 1.82) is 0 Å². The molecule has 2 saturated heterocycles. The van der Waals surface area contributed by atoms with Crippen LogP contribution in [0.15, 0.2) is 107 Å². The number of hydrogen-bond donors (Lipinski definition) is 1. The first-order valence-corrected chi connectivity index (χ1v) is 17.1. The lowest BCUT2D eigenvalue weighted by Gasteiger charge is -2.36. The number of benzene rings is 3. The van der Waals surface area contributed by atoms with Gasteiger partial charge in [-0.2, -0.15) is 0 Å². The molecule has 3 aliphatic heterocycles. The normalized spacial score (nSPS) is 22.0. The van der Waals surface area contributed by atoms with Crippen molar-refractivity contribution in [3.8, 4) is 0 Å². The van der Waals surface area contributed by atoms with Gasteiger partial charge in [0.25, 0.3) is 5.69 Å². The van der Waals surface area contributed by atoms with Crippen LogP contribution in [0.1, 0.15) is 62.1 Å². The molecule has 3 atom stereocenters. The first-order chi connectivity index (χ1) is 23.7. The van der Waals surface area contributed by atoms with E-state index in [-0.39, 0.29) is 29.0 Å². The number of nitrogens with zero attached hydrogens (tertiary/aromatic N) is 3. The smallest absolute Gasteiger partial charge is 0.337 e. The van der Waals surface area contributed by atoms with Gasteiger partial charge < -0.3 is 14.8 Å². The summed E-state index contributed by atoms with van der Waals surface area (Å²) in [5, 5.41) is 15.1. The van der Waals surface area contributed by atoms with Crippen LogP contribution in [0.3, 0.4) is 0 Å². The third-order valence-electron chi connectivity index (χ3n) is 9.58. The van der Waals surface area contributed by atoms with Gasteiger partial charge in [0.15, 0.2) is 0 Å². The fourth-order valence-corrected chi connectivity index (χ4v) is 7.31. The fraction of sp³-hybridized carbons (Fsp3) is 0.385. The van der Waals surface area contributed by atoms with E-state index in [1.165, 1.54) is 23.3 Å². The molecule has 0 aromatic heterocycles. The maximum absolute atomic E-state index is 14.2. The minimum atomic E-state index is -0.908. The van der Waals surface area contributed by atoms with Crippen molar-refractivity contribution in [2.24, 2.45) is 0 Å². The zero-order valence-corrected chi connectivity index (χ0v) is 28.2. The number of non-ortho nitro benzene ring substituents is 1. The summed E-state index contributed by atoms with van der Waals surface area (Å²) >= 11 is 0. The van der Waals surface area contributed by atoms with Crippen LogP contribution in [0.5, 0.6) is 0 Å². The summed E-state index contributed by atoms with van der Waals surface area (Å²) in [7, 11) is 0.